The first-order valence-corrected chi connectivity index (χ1v) is 14.0. The summed E-state index contributed by atoms with van der Waals surface area (Å²) in [4.78, 5) is 0. The number of nitrogens with zero attached hydrogens (tertiary/aromatic N) is 2. The summed E-state index contributed by atoms with van der Waals surface area (Å²) in [6.45, 7) is 4.48. The largest absolute Gasteiger partial charge is 0.455 e. The van der Waals surface area contributed by atoms with Crippen molar-refractivity contribution in [3.8, 4) is 22.5 Å². The van der Waals surface area contributed by atoms with Gasteiger partial charge in [-0.25, -0.2) is 0 Å². The summed E-state index contributed by atoms with van der Waals surface area (Å²) in [7, 11) is 0. The predicted molar refractivity (Wildman–Crippen MR) is 152 cm³/mol. The summed E-state index contributed by atoms with van der Waals surface area (Å²) in [6, 6.07) is 27.6. The van der Waals surface area contributed by atoms with Crippen molar-refractivity contribution in [2.75, 3.05) is 0 Å². The molecule has 5 heterocycles. The molecule has 3 aromatic carbocycles. The van der Waals surface area contributed by atoms with Crippen LogP contribution in [0.4, 0.5) is 0 Å². The van der Waals surface area contributed by atoms with Crippen molar-refractivity contribution in [2.45, 2.75) is 37.8 Å². The van der Waals surface area contributed by atoms with Gasteiger partial charge in [-0.05, 0) is 55.2 Å². The smallest absolute Gasteiger partial charge is 0.269 e. The van der Waals surface area contributed by atoms with Crippen LogP contribution in [0.2, 0.25) is 0 Å². The summed E-state index contributed by atoms with van der Waals surface area (Å²) in [5.41, 5.74) is 15.1. The molecule has 3 heteroatoms. The fraction of sp³-hybridized carbons (Fsp3) is 0.167. The zero-order chi connectivity index (χ0) is 25.6. The fourth-order valence-electron chi connectivity index (χ4n) is 8.28. The van der Waals surface area contributed by atoms with Gasteiger partial charge in [-0.3, -0.25) is 0 Å². The molecule has 2 aliphatic carbocycles. The average Bonchev–Trinajstić information content (AvgIpc) is 3.22. The second-order valence-corrected chi connectivity index (χ2v) is 11.8. The SMILES string of the molecule is Cc1cc2[n+](cc1C)C1(c3ccc4c(oc5c6c(ccc54)CC=C6)c3-2)C2c3ccccc3-c3cccc[n+]3C21. The molecular formula is C36H26N2O+2. The number of benzene rings is 3. The van der Waals surface area contributed by atoms with Crippen LogP contribution in [0.5, 0.6) is 0 Å². The minimum absolute atomic E-state index is 0.189. The molecule has 1 fully saturated rings. The molecule has 10 rings (SSSR count). The van der Waals surface area contributed by atoms with Gasteiger partial charge in [0.1, 0.15) is 17.1 Å². The second-order valence-electron chi connectivity index (χ2n) is 11.8. The minimum Gasteiger partial charge on any atom is -0.455 e. The number of aryl methyl sites for hydroxylation is 2. The third-order valence-corrected chi connectivity index (χ3v) is 10.1. The zero-order valence-electron chi connectivity index (χ0n) is 21.9. The van der Waals surface area contributed by atoms with E-state index in [9.17, 15) is 0 Å². The van der Waals surface area contributed by atoms with E-state index < -0.39 is 0 Å². The molecule has 3 aromatic heterocycles. The Morgan fingerprint density at radius 2 is 1.69 bits per heavy atom. The molecule has 3 atom stereocenters. The minimum atomic E-state index is -0.189. The molecule has 39 heavy (non-hydrogen) atoms. The third kappa shape index (κ3) is 2.18. The van der Waals surface area contributed by atoms with Gasteiger partial charge in [0, 0.05) is 45.7 Å². The monoisotopic (exact) mass is 502 g/mol. The Morgan fingerprint density at radius 1 is 0.846 bits per heavy atom. The van der Waals surface area contributed by atoms with Crippen molar-refractivity contribution in [3.05, 3.63) is 125 Å². The highest BCUT2D eigenvalue weighted by molar-refractivity contribution is 6.12. The van der Waals surface area contributed by atoms with Crippen molar-refractivity contribution < 1.29 is 13.6 Å². The van der Waals surface area contributed by atoms with Gasteiger partial charge in [-0.1, -0.05) is 48.6 Å². The van der Waals surface area contributed by atoms with Crippen LogP contribution in [-0.4, -0.2) is 0 Å². The van der Waals surface area contributed by atoms with Gasteiger partial charge >= 0.3 is 0 Å². The molecule has 3 nitrogen and oxygen atoms in total. The quantitative estimate of drug-likeness (QED) is 0.203. The number of aromatic nitrogens is 2. The molecule has 0 bridgehead atoms. The van der Waals surface area contributed by atoms with Crippen molar-refractivity contribution in [1.29, 1.82) is 0 Å². The molecule has 6 aromatic rings. The Hall–Kier alpha value is -4.50. The molecule has 1 spiro atoms. The van der Waals surface area contributed by atoms with Gasteiger partial charge in [0.2, 0.25) is 17.4 Å². The molecule has 3 unspecified atom stereocenters. The van der Waals surface area contributed by atoms with E-state index in [1.54, 1.807) is 0 Å². The second kappa shape index (κ2) is 6.55. The Labute approximate surface area is 226 Å². The van der Waals surface area contributed by atoms with Crippen molar-refractivity contribution >= 4 is 28.0 Å². The lowest BCUT2D eigenvalue weighted by atomic mass is 9.92. The van der Waals surface area contributed by atoms with Gasteiger partial charge in [-0.15, -0.1) is 0 Å². The molecule has 4 aliphatic rings. The first-order chi connectivity index (χ1) is 19.2. The fourth-order valence-corrected chi connectivity index (χ4v) is 8.28. The number of fused-ring (bicyclic) bond motifs is 19. The van der Waals surface area contributed by atoms with Crippen LogP contribution in [0, 0.1) is 13.8 Å². The first kappa shape index (κ1) is 20.5. The Balaban J connectivity index is 1.35. The van der Waals surface area contributed by atoms with Gasteiger partial charge in [0.25, 0.3) is 5.54 Å². The molecule has 0 radical (unpaired) electrons. The lowest BCUT2D eigenvalue weighted by molar-refractivity contribution is -0.772. The summed E-state index contributed by atoms with van der Waals surface area (Å²) in [6.07, 6.45) is 10.2. The van der Waals surface area contributed by atoms with E-state index in [1.807, 2.05) is 0 Å². The van der Waals surface area contributed by atoms with E-state index >= 15 is 0 Å². The van der Waals surface area contributed by atoms with Crippen molar-refractivity contribution in [3.63, 3.8) is 0 Å². The lowest BCUT2D eigenvalue weighted by Gasteiger charge is -2.11. The van der Waals surface area contributed by atoms with Crippen LogP contribution in [0.1, 0.15) is 45.3 Å². The lowest BCUT2D eigenvalue weighted by Crippen LogP contribution is -2.51. The topological polar surface area (TPSA) is 20.9 Å². The highest BCUT2D eigenvalue weighted by Crippen LogP contribution is 2.71. The van der Waals surface area contributed by atoms with E-state index in [4.69, 9.17) is 4.42 Å². The standard InChI is InChI=1S/C36H26N2O/c1-20-18-30-31-28(16-15-27-26-14-13-22-8-7-11-23(22)33(26)39-34(27)31)36(38(30)19-21(20)2)32-25-10-4-3-9-24(25)29-12-5-6-17-37(29)35(32)36/h3-7,9-19,32,35H,8H2,1-2H3/q+2. The summed E-state index contributed by atoms with van der Waals surface area (Å²) in [5, 5.41) is 2.43. The molecular weight excluding hydrogens is 476 g/mol. The van der Waals surface area contributed by atoms with Crippen molar-refractivity contribution in [2.24, 2.45) is 0 Å². The summed E-state index contributed by atoms with van der Waals surface area (Å²) in [5.74, 6) is 0.356. The van der Waals surface area contributed by atoms with E-state index in [0.29, 0.717) is 12.0 Å². The van der Waals surface area contributed by atoms with Crippen LogP contribution >= 0.6 is 0 Å². The summed E-state index contributed by atoms with van der Waals surface area (Å²) >= 11 is 0. The number of rotatable bonds is 0. The van der Waals surface area contributed by atoms with Crippen LogP contribution in [0.3, 0.4) is 0 Å². The van der Waals surface area contributed by atoms with E-state index in [1.165, 1.54) is 66.7 Å². The Bertz CT molecular complexity index is 2090. The third-order valence-electron chi connectivity index (χ3n) is 10.1. The molecule has 2 aliphatic heterocycles. The highest BCUT2D eigenvalue weighted by atomic mass is 16.3. The molecule has 0 amide bonds. The van der Waals surface area contributed by atoms with E-state index in [2.05, 4.69) is 120 Å². The van der Waals surface area contributed by atoms with Crippen LogP contribution in [0.25, 0.3) is 50.5 Å². The maximum atomic E-state index is 6.91. The van der Waals surface area contributed by atoms with Gasteiger partial charge in [-0.2, -0.15) is 9.13 Å². The average molecular weight is 503 g/mol. The van der Waals surface area contributed by atoms with Crippen LogP contribution in [-0.2, 0) is 12.0 Å². The highest BCUT2D eigenvalue weighted by Gasteiger charge is 2.86. The predicted octanol–water partition coefficient (Wildman–Crippen LogP) is 7.09. The van der Waals surface area contributed by atoms with Crippen molar-refractivity contribution in [1.82, 2.24) is 0 Å². The van der Waals surface area contributed by atoms with Gasteiger partial charge < -0.3 is 4.42 Å². The number of hydrogen-bond donors (Lipinski definition) is 0. The summed E-state index contributed by atoms with van der Waals surface area (Å²) < 4.78 is 12.1. The van der Waals surface area contributed by atoms with E-state index in [-0.39, 0.29) is 5.54 Å². The number of allylic oxidation sites excluding steroid dienone is 1. The number of pyridine rings is 2. The number of hydrogen-bond acceptors (Lipinski definition) is 1. The normalized spacial score (nSPS) is 22.5. The van der Waals surface area contributed by atoms with E-state index in [0.717, 1.165) is 17.6 Å². The zero-order valence-corrected chi connectivity index (χ0v) is 21.9. The molecule has 0 saturated heterocycles. The Morgan fingerprint density at radius 3 is 2.64 bits per heavy atom. The Kier molecular flexibility index (Phi) is 3.44. The maximum absolute atomic E-state index is 6.91. The van der Waals surface area contributed by atoms with Gasteiger partial charge in [0.15, 0.2) is 12.4 Å². The van der Waals surface area contributed by atoms with Crippen LogP contribution < -0.4 is 9.13 Å². The van der Waals surface area contributed by atoms with Crippen LogP contribution in [0.15, 0.2) is 95.7 Å². The maximum Gasteiger partial charge on any atom is 0.269 e. The first-order valence-electron chi connectivity index (χ1n) is 14.0. The molecule has 184 valence electrons. The molecule has 1 saturated carbocycles. The molecule has 0 N–H and O–H groups in total. The van der Waals surface area contributed by atoms with Gasteiger partial charge in [0.05, 0.1) is 11.1 Å². The number of furan rings is 1.